The van der Waals surface area contributed by atoms with Gasteiger partial charge in [-0.15, -0.1) is 5.10 Å². The van der Waals surface area contributed by atoms with Gasteiger partial charge in [-0.2, -0.15) is 5.10 Å². The monoisotopic (exact) mass is 282 g/mol. The van der Waals surface area contributed by atoms with Crippen LogP contribution in [0.4, 0.5) is 4.39 Å². The van der Waals surface area contributed by atoms with Crippen molar-refractivity contribution in [2.45, 2.75) is 6.92 Å². The Balaban J connectivity index is 2.30. The van der Waals surface area contributed by atoms with Crippen LogP contribution in [0.25, 0.3) is 0 Å². The number of benzene rings is 1. The molecule has 5 heteroatoms. The van der Waals surface area contributed by atoms with Crippen molar-refractivity contribution in [2.24, 2.45) is 0 Å². The van der Waals surface area contributed by atoms with Crippen LogP contribution in [0, 0.1) is 12.7 Å². The topological polar surface area (TPSA) is 35.0 Å². The van der Waals surface area contributed by atoms with Gasteiger partial charge in [-0.25, -0.2) is 4.39 Å². The Morgan fingerprint density at radius 2 is 2.12 bits per heavy atom. The molecule has 0 saturated heterocycles. The molecule has 0 N–H and O–H groups in total. The van der Waals surface area contributed by atoms with Gasteiger partial charge in [0, 0.05) is 10.5 Å². The Labute approximate surface area is 100 Å². The molecule has 0 aliphatic rings. The van der Waals surface area contributed by atoms with Gasteiger partial charge in [-0.05, 0) is 30.7 Å². The van der Waals surface area contributed by atoms with Gasteiger partial charge >= 0.3 is 0 Å². The molecule has 0 atom stereocenters. The average molecular weight is 283 g/mol. The van der Waals surface area contributed by atoms with Gasteiger partial charge in [0.25, 0.3) is 0 Å². The van der Waals surface area contributed by atoms with E-state index in [9.17, 15) is 4.39 Å². The van der Waals surface area contributed by atoms with Gasteiger partial charge in [-0.1, -0.05) is 15.9 Å². The van der Waals surface area contributed by atoms with Gasteiger partial charge < -0.3 is 4.74 Å². The minimum atomic E-state index is -0.438. The lowest BCUT2D eigenvalue weighted by Crippen LogP contribution is -1.93. The van der Waals surface area contributed by atoms with Crippen LogP contribution < -0.4 is 4.74 Å². The Kier molecular flexibility index (Phi) is 3.14. The summed E-state index contributed by atoms with van der Waals surface area (Å²) in [5, 5.41) is 7.47. The van der Waals surface area contributed by atoms with E-state index >= 15 is 0 Å². The third-order valence-electron chi connectivity index (χ3n) is 1.88. The lowest BCUT2D eigenvalue weighted by atomic mass is 10.3. The number of aromatic nitrogens is 2. The summed E-state index contributed by atoms with van der Waals surface area (Å²) in [5.74, 6) is -0.0437. The van der Waals surface area contributed by atoms with Crippen LogP contribution in [0.3, 0.4) is 0 Å². The van der Waals surface area contributed by atoms with Crippen molar-refractivity contribution in [1.82, 2.24) is 10.2 Å². The van der Waals surface area contributed by atoms with Crippen molar-refractivity contribution in [3.8, 4) is 11.6 Å². The quantitative estimate of drug-likeness (QED) is 0.846. The molecule has 2 rings (SSSR count). The van der Waals surface area contributed by atoms with Crippen LogP contribution in [0.15, 0.2) is 34.9 Å². The Morgan fingerprint density at radius 1 is 1.31 bits per heavy atom. The Hall–Kier alpha value is -1.49. The maximum atomic E-state index is 13.4. The van der Waals surface area contributed by atoms with E-state index in [2.05, 4.69) is 26.1 Å². The zero-order chi connectivity index (χ0) is 11.5. The first-order valence-corrected chi connectivity index (χ1v) is 5.37. The Bertz CT molecular complexity index is 519. The lowest BCUT2D eigenvalue weighted by molar-refractivity contribution is 0.421. The fourth-order valence-electron chi connectivity index (χ4n) is 1.16. The highest BCUT2D eigenvalue weighted by atomic mass is 79.9. The number of hydrogen-bond acceptors (Lipinski definition) is 3. The molecule has 1 heterocycles. The minimum Gasteiger partial charge on any atom is -0.434 e. The van der Waals surface area contributed by atoms with E-state index in [1.807, 2.05) is 6.92 Å². The summed E-state index contributed by atoms with van der Waals surface area (Å²) in [7, 11) is 0. The highest BCUT2D eigenvalue weighted by molar-refractivity contribution is 9.10. The molecule has 0 fully saturated rings. The highest BCUT2D eigenvalue weighted by Gasteiger charge is 2.06. The molecule has 82 valence electrons. The molecule has 16 heavy (non-hydrogen) atoms. The van der Waals surface area contributed by atoms with E-state index in [4.69, 9.17) is 4.74 Å². The van der Waals surface area contributed by atoms with Crippen LogP contribution in [0.5, 0.6) is 11.6 Å². The summed E-state index contributed by atoms with van der Waals surface area (Å²) in [6.45, 7) is 1.86. The van der Waals surface area contributed by atoms with Crippen molar-refractivity contribution in [3.05, 3.63) is 46.3 Å². The Morgan fingerprint density at radius 3 is 2.88 bits per heavy atom. The van der Waals surface area contributed by atoms with Crippen molar-refractivity contribution >= 4 is 15.9 Å². The van der Waals surface area contributed by atoms with Gasteiger partial charge in [0.15, 0.2) is 11.6 Å². The largest absolute Gasteiger partial charge is 0.434 e. The van der Waals surface area contributed by atoms with E-state index in [-0.39, 0.29) is 11.6 Å². The molecule has 0 bridgehead atoms. The smallest absolute Gasteiger partial charge is 0.239 e. The predicted molar refractivity (Wildman–Crippen MR) is 60.9 cm³/mol. The standard InChI is InChI=1S/C11H8BrFN2O/c1-7-4-11(15-14-6-7)16-10-5-8(12)2-3-9(10)13/h2-6H,1H3. The summed E-state index contributed by atoms with van der Waals surface area (Å²) in [4.78, 5) is 0. The molecule has 3 nitrogen and oxygen atoms in total. The number of ether oxygens (including phenoxy) is 1. The normalized spacial score (nSPS) is 10.2. The molecule has 2 aromatic rings. The summed E-state index contributed by atoms with van der Waals surface area (Å²) in [6.07, 6.45) is 1.60. The highest BCUT2D eigenvalue weighted by Crippen LogP contribution is 2.26. The molecule has 0 aliphatic heterocycles. The molecule has 0 unspecified atom stereocenters. The number of nitrogens with zero attached hydrogens (tertiary/aromatic N) is 2. The second-order valence-electron chi connectivity index (χ2n) is 3.25. The van der Waals surface area contributed by atoms with E-state index < -0.39 is 5.82 Å². The zero-order valence-electron chi connectivity index (χ0n) is 8.45. The van der Waals surface area contributed by atoms with Crippen LogP contribution in [0.2, 0.25) is 0 Å². The van der Waals surface area contributed by atoms with Gasteiger partial charge in [0.1, 0.15) is 0 Å². The molecule has 0 saturated carbocycles. The number of aryl methyl sites for hydroxylation is 1. The van der Waals surface area contributed by atoms with E-state index in [0.29, 0.717) is 0 Å². The first kappa shape index (κ1) is 11.0. The molecule has 1 aromatic carbocycles. The molecule has 0 radical (unpaired) electrons. The summed E-state index contributed by atoms with van der Waals surface area (Å²) >= 11 is 3.24. The van der Waals surface area contributed by atoms with Crippen molar-refractivity contribution in [1.29, 1.82) is 0 Å². The van der Waals surface area contributed by atoms with E-state index in [1.54, 1.807) is 24.4 Å². The average Bonchev–Trinajstić information content (AvgIpc) is 2.24. The fourth-order valence-corrected chi connectivity index (χ4v) is 1.50. The van der Waals surface area contributed by atoms with Crippen LogP contribution >= 0.6 is 15.9 Å². The van der Waals surface area contributed by atoms with Crippen molar-refractivity contribution < 1.29 is 9.13 Å². The second-order valence-corrected chi connectivity index (χ2v) is 4.16. The third-order valence-corrected chi connectivity index (χ3v) is 2.37. The maximum absolute atomic E-state index is 13.4. The second kappa shape index (κ2) is 4.57. The van der Waals surface area contributed by atoms with Crippen LogP contribution in [0.1, 0.15) is 5.56 Å². The first-order valence-electron chi connectivity index (χ1n) is 4.57. The predicted octanol–water partition coefficient (Wildman–Crippen LogP) is 3.48. The third kappa shape index (κ3) is 2.55. The number of hydrogen-bond donors (Lipinski definition) is 0. The molecule has 0 amide bonds. The van der Waals surface area contributed by atoms with E-state index in [0.717, 1.165) is 10.0 Å². The van der Waals surface area contributed by atoms with Gasteiger partial charge in [-0.3, -0.25) is 0 Å². The summed E-state index contributed by atoms with van der Waals surface area (Å²) in [6, 6.07) is 6.15. The SMILES string of the molecule is Cc1cnnc(Oc2cc(Br)ccc2F)c1. The molecule has 0 spiro atoms. The van der Waals surface area contributed by atoms with Crippen LogP contribution in [-0.2, 0) is 0 Å². The zero-order valence-corrected chi connectivity index (χ0v) is 10.0. The van der Waals surface area contributed by atoms with Crippen molar-refractivity contribution in [3.63, 3.8) is 0 Å². The summed E-state index contributed by atoms with van der Waals surface area (Å²) in [5.41, 5.74) is 0.903. The first-order chi connectivity index (χ1) is 7.65. The van der Waals surface area contributed by atoms with Gasteiger partial charge in [0.2, 0.25) is 5.88 Å². The minimum absolute atomic E-state index is 0.120. The van der Waals surface area contributed by atoms with Gasteiger partial charge in [0.05, 0.1) is 6.20 Å². The summed E-state index contributed by atoms with van der Waals surface area (Å²) < 4.78 is 19.4. The lowest BCUT2D eigenvalue weighted by Gasteiger charge is -2.05. The molecular formula is C11H8BrFN2O. The number of halogens is 2. The van der Waals surface area contributed by atoms with Crippen molar-refractivity contribution in [2.75, 3.05) is 0 Å². The van der Waals surface area contributed by atoms with E-state index in [1.165, 1.54) is 6.07 Å². The maximum Gasteiger partial charge on any atom is 0.239 e. The fraction of sp³-hybridized carbons (Fsp3) is 0.0909. The van der Waals surface area contributed by atoms with Crippen LogP contribution in [-0.4, -0.2) is 10.2 Å². The molecule has 0 aliphatic carbocycles. The molecule has 1 aromatic heterocycles. The number of rotatable bonds is 2. The molecular weight excluding hydrogens is 275 g/mol.